The molecule has 0 atom stereocenters. The molecule has 2 aromatic carbocycles. The summed E-state index contributed by atoms with van der Waals surface area (Å²) in [6.07, 6.45) is 0. The second-order valence-electron chi connectivity index (χ2n) is 6.83. The monoisotopic (exact) mass is 373 g/mol. The van der Waals surface area contributed by atoms with E-state index < -0.39 is 0 Å². The summed E-state index contributed by atoms with van der Waals surface area (Å²) in [5.41, 5.74) is 2.74. The molecular formula is C20H24FN3O3. The highest BCUT2D eigenvalue weighted by Gasteiger charge is 2.20. The van der Waals surface area contributed by atoms with Crippen molar-refractivity contribution in [1.29, 1.82) is 0 Å². The third kappa shape index (κ3) is 4.61. The number of methoxy groups -OCH3 is 1. The predicted molar refractivity (Wildman–Crippen MR) is 101 cm³/mol. The summed E-state index contributed by atoms with van der Waals surface area (Å²) < 4.78 is 18.9. The number of piperazine rings is 1. The lowest BCUT2D eigenvalue weighted by atomic mass is 10.1. The van der Waals surface area contributed by atoms with Crippen molar-refractivity contribution in [1.82, 2.24) is 9.80 Å². The molecule has 2 aromatic rings. The third-order valence-electron chi connectivity index (χ3n) is 5.11. The second-order valence-corrected chi connectivity index (χ2v) is 6.83. The summed E-state index contributed by atoms with van der Waals surface area (Å²) in [6.45, 7) is 6.58. The van der Waals surface area contributed by atoms with E-state index >= 15 is 0 Å². The highest BCUT2D eigenvalue weighted by atomic mass is 19.1. The smallest absolute Gasteiger partial charge is 0.272 e. The zero-order valence-electron chi connectivity index (χ0n) is 15.7. The average Bonchev–Trinajstić information content (AvgIpc) is 2.65. The molecule has 0 amide bonds. The molecule has 0 unspecified atom stereocenters. The van der Waals surface area contributed by atoms with Gasteiger partial charge in [0.2, 0.25) is 0 Å². The Morgan fingerprint density at radius 2 is 1.70 bits per heavy atom. The normalized spacial score (nSPS) is 15.7. The van der Waals surface area contributed by atoms with Crippen LogP contribution in [0.2, 0.25) is 0 Å². The van der Waals surface area contributed by atoms with E-state index in [9.17, 15) is 14.5 Å². The number of benzene rings is 2. The molecule has 1 aliphatic rings. The van der Waals surface area contributed by atoms with E-state index in [-0.39, 0.29) is 16.4 Å². The number of hydrogen-bond acceptors (Lipinski definition) is 5. The van der Waals surface area contributed by atoms with E-state index in [0.717, 1.165) is 42.9 Å². The van der Waals surface area contributed by atoms with E-state index in [2.05, 4.69) is 9.80 Å². The minimum Gasteiger partial charge on any atom is -0.496 e. The van der Waals surface area contributed by atoms with E-state index in [1.807, 2.05) is 6.07 Å². The van der Waals surface area contributed by atoms with Crippen LogP contribution in [0.15, 0.2) is 36.4 Å². The van der Waals surface area contributed by atoms with E-state index in [1.54, 1.807) is 32.2 Å². The van der Waals surface area contributed by atoms with Crippen LogP contribution < -0.4 is 4.74 Å². The van der Waals surface area contributed by atoms with Crippen molar-refractivity contribution in [2.75, 3.05) is 33.3 Å². The molecule has 0 saturated carbocycles. The number of rotatable bonds is 6. The van der Waals surface area contributed by atoms with Gasteiger partial charge in [-0.1, -0.05) is 12.1 Å². The van der Waals surface area contributed by atoms with Gasteiger partial charge in [-0.3, -0.25) is 19.9 Å². The van der Waals surface area contributed by atoms with Gasteiger partial charge in [0.15, 0.2) is 0 Å². The summed E-state index contributed by atoms with van der Waals surface area (Å²) in [4.78, 5) is 15.3. The maximum atomic E-state index is 13.5. The van der Waals surface area contributed by atoms with Crippen molar-refractivity contribution in [3.8, 4) is 5.75 Å². The second kappa shape index (κ2) is 8.45. The van der Waals surface area contributed by atoms with E-state index in [1.165, 1.54) is 12.1 Å². The molecule has 0 aliphatic carbocycles. The molecule has 1 aliphatic heterocycles. The Kier molecular flexibility index (Phi) is 6.03. The van der Waals surface area contributed by atoms with Crippen molar-refractivity contribution in [2.24, 2.45) is 0 Å². The molecule has 3 rings (SSSR count). The molecule has 6 nitrogen and oxygen atoms in total. The summed E-state index contributed by atoms with van der Waals surface area (Å²) in [5.74, 6) is 0.441. The first-order valence-corrected chi connectivity index (χ1v) is 8.98. The van der Waals surface area contributed by atoms with E-state index in [4.69, 9.17) is 4.74 Å². The molecular weight excluding hydrogens is 349 g/mol. The SMILES string of the molecule is COc1ccc(F)cc1CN1CCN(Cc2cccc([N+](=O)[O-])c2C)CC1. The van der Waals surface area contributed by atoms with Gasteiger partial charge >= 0.3 is 0 Å². The standard InChI is InChI=1S/C20H24FN3O3/c1-15-16(4-3-5-19(15)24(25)26)13-22-8-10-23(11-9-22)14-17-12-18(21)6-7-20(17)27-2/h3-7,12H,8-11,13-14H2,1-2H3. The van der Waals surface area contributed by atoms with Crippen molar-refractivity contribution < 1.29 is 14.1 Å². The van der Waals surface area contributed by atoms with Crippen molar-refractivity contribution in [3.05, 3.63) is 69.0 Å². The highest BCUT2D eigenvalue weighted by Crippen LogP contribution is 2.24. The van der Waals surface area contributed by atoms with Crippen LogP contribution in [0.5, 0.6) is 5.75 Å². The van der Waals surface area contributed by atoms with Crippen LogP contribution in [-0.4, -0.2) is 48.0 Å². The van der Waals surface area contributed by atoms with Crippen LogP contribution >= 0.6 is 0 Å². The lowest BCUT2D eigenvalue weighted by Crippen LogP contribution is -2.45. The van der Waals surface area contributed by atoms with Gasteiger partial charge < -0.3 is 4.74 Å². The summed E-state index contributed by atoms with van der Waals surface area (Å²) in [5, 5.41) is 11.1. The molecule has 0 radical (unpaired) electrons. The largest absolute Gasteiger partial charge is 0.496 e. The average molecular weight is 373 g/mol. The molecule has 0 spiro atoms. The van der Waals surface area contributed by atoms with Gasteiger partial charge in [-0.25, -0.2) is 4.39 Å². The first-order valence-electron chi connectivity index (χ1n) is 8.98. The topological polar surface area (TPSA) is 58.8 Å². The summed E-state index contributed by atoms with van der Waals surface area (Å²) >= 11 is 0. The maximum absolute atomic E-state index is 13.5. The molecule has 1 heterocycles. The van der Waals surface area contributed by atoms with Crippen molar-refractivity contribution >= 4 is 5.69 Å². The van der Waals surface area contributed by atoms with Crippen LogP contribution in [0.25, 0.3) is 0 Å². The Balaban J connectivity index is 1.59. The quantitative estimate of drug-likeness (QED) is 0.574. The molecule has 0 N–H and O–H groups in total. The number of hydrogen-bond donors (Lipinski definition) is 0. The number of ether oxygens (including phenoxy) is 1. The number of nitro groups is 1. The number of halogens is 1. The molecule has 1 fully saturated rings. The fourth-order valence-electron chi connectivity index (χ4n) is 3.50. The van der Waals surface area contributed by atoms with E-state index in [0.29, 0.717) is 18.8 Å². The lowest BCUT2D eigenvalue weighted by Gasteiger charge is -2.35. The minimum atomic E-state index is -0.330. The summed E-state index contributed by atoms with van der Waals surface area (Å²) in [6, 6.07) is 9.83. The van der Waals surface area contributed by atoms with Crippen LogP contribution in [0.3, 0.4) is 0 Å². The highest BCUT2D eigenvalue weighted by molar-refractivity contribution is 5.44. The Labute approximate surface area is 158 Å². The Morgan fingerprint density at radius 3 is 2.30 bits per heavy atom. The molecule has 0 bridgehead atoms. The first-order chi connectivity index (χ1) is 13.0. The van der Waals surface area contributed by atoms with Gasteiger partial charge in [0.05, 0.1) is 12.0 Å². The minimum absolute atomic E-state index is 0.171. The Bertz CT molecular complexity index is 820. The molecule has 144 valence electrons. The fourth-order valence-corrected chi connectivity index (χ4v) is 3.50. The zero-order valence-corrected chi connectivity index (χ0v) is 15.7. The van der Waals surface area contributed by atoms with Gasteiger partial charge in [0.1, 0.15) is 11.6 Å². The molecule has 1 saturated heterocycles. The van der Waals surface area contributed by atoms with Gasteiger partial charge in [-0.2, -0.15) is 0 Å². The Morgan fingerprint density at radius 1 is 1.07 bits per heavy atom. The lowest BCUT2D eigenvalue weighted by molar-refractivity contribution is -0.385. The van der Waals surface area contributed by atoms with Crippen LogP contribution in [-0.2, 0) is 13.1 Å². The Hall–Kier alpha value is -2.51. The number of nitrogens with zero attached hydrogens (tertiary/aromatic N) is 3. The van der Waals surface area contributed by atoms with Gasteiger partial charge in [-0.15, -0.1) is 0 Å². The maximum Gasteiger partial charge on any atom is 0.272 e. The van der Waals surface area contributed by atoms with Crippen LogP contribution in [0.1, 0.15) is 16.7 Å². The molecule has 0 aromatic heterocycles. The van der Waals surface area contributed by atoms with Gasteiger partial charge in [0.25, 0.3) is 5.69 Å². The predicted octanol–water partition coefficient (Wildman–Crippen LogP) is 3.37. The van der Waals surface area contributed by atoms with Crippen LogP contribution in [0, 0.1) is 22.9 Å². The van der Waals surface area contributed by atoms with Gasteiger partial charge in [0, 0.05) is 56.5 Å². The van der Waals surface area contributed by atoms with Gasteiger partial charge in [-0.05, 0) is 30.7 Å². The molecule has 7 heteroatoms. The fraction of sp³-hybridized carbons (Fsp3) is 0.400. The summed E-state index contributed by atoms with van der Waals surface area (Å²) in [7, 11) is 1.59. The first kappa shape index (κ1) is 19.3. The van der Waals surface area contributed by atoms with Crippen molar-refractivity contribution in [2.45, 2.75) is 20.0 Å². The van der Waals surface area contributed by atoms with Crippen LogP contribution in [0.4, 0.5) is 10.1 Å². The number of nitro benzene ring substituents is 1. The molecule has 27 heavy (non-hydrogen) atoms. The third-order valence-corrected chi connectivity index (χ3v) is 5.11. The van der Waals surface area contributed by atoms with Crippen molar-refractivity contribution in [3.63, 3.8) is 0 Å². The zero-order chi connectivity index (χ0) is 19.4.